The number of halogens is 2. The van der Waals surface area contributed by atoms with E-state index in [1.165, 1.54) is 11.8 Å². The molecule has 1 aromatic rings. The van der Waals surface area contributed by atoms with E-state index in [1.54, 1.807) is 6.92 Å². The number of rotatable bonds is 5. The summed E-state index contributed by atoms with van der Waals surface area (Å²) >= 11 is 0. The first-order chi connectivity index (χ1) is 8.42. The van der Waals surface area contributed by atoms with E-state index >= 15 is 0 Å². The zero-order chi connectivity index (χ0) is 13.9. The molecule has 1 rings (SSSR count). The minimum Gasteiger partial charge on any atom is -0.368 e. The van der Waals surface area contributed by atoms with Gasteiger partial charge in [-0.05, 0) is 26.0 Å². The molecule has 0 bridgehead atoms. The van der Waals surface area contributed by atoms with Crippen molar-refractivity contribution in [2.45, 2.75) is 19.9 Å². The van der Waals surface area contributed by atoms with Crippen molar-refractivity contribution >= 4 is 17.9 Å². The van der Waals surface area contributed by atoms with E-state index in [1.807, 2.05) is 0 Å². The number of hydrogen-bond donors (Lipinski definition) is 1. The zero-order valence-electron chi connectivity index (χ0n) is 10.1. The minimum absolute atomic E-state index is 0.100. The van der Waals surface area contributed by atoms with Gasteiger partial charge in [0.1, 0.15) is 29.6 Å². The summed E-state index contributed by atoms with van der Waals surface area (Å²) in [4.78, 5) is 22.8. The van der Waals surface area contributed by atoms with Crippen LogP contribution in [0.1, 0.15) is 24.2 Å². The van der Waals surface area contributed by atoms with Crippen molar-refractivity contribution in [3.8, 4) is 0 Å². The first kappa shape index (κ1) is 14.1. The molecule has 2 N–H and O–H groups in total. The molecule has 1 aromatic carbocycles. The molecule has 18 heavy (non-hydrogen) atoms. The van der Waals surface area contributed by atoms with Gasteiger partial charge in [-0.3, -0.25) is 9.59 Å². The number of nitrogens with zero attached hydrogens (tertiary/aromatic N) is 1. The van der Waals surface area contributed by atoms with E-state index in [9.17, 15) is 18.4 Å². The van der Waals surface area contributed by atoms with Crippen LogP contribution in [0.3, 0.4) is 0 Å². The fourth-order valence-electron chi connectivity index (χ4n) is 1.71. The lowest BCUT2D eigenvalue weighted by Gasteiger charge is -2.28. The Labute approximate surface area is 103 Å². The number of primary amides is 1. The molecule has 0 heterocycles. The van der Waals surface area contributed by atoms with Crippen LogP contribution < -0.4 is 10.6 Å². The number of nitrogens with two attached hydrogens (primary N) is 1. The Morgan fingerprint density at radius 3 is 2.28 bits per heavy atom. The highest BCUT2D eigenvalue weighted by molar-refractivity contribution is 5.84. The van der Waals surface area contributed by atoms with Gasteiger partial charge < -0.3 is 10.6 Å². The van der Waals surface area contributed by atoms with Gasteiger partial charge in [-0.25, -0.2) is 8.78 Å². The number of aldehydes is 1. The maximum absolute atomic E-state index is 13.8. The Hall–Kier alpha value is -1.98. The second kappa shape index (κ2) is 5.57. The molecule has 1 unspecified atom stereocenters. The number of carbonyl (C=O) groups excluding carboxylic acids is 2. The van der Waals surface area contributed by atoms with E-state index in [4.69, 9.17) is 5.73 Å². The average Bonchev–Trinajstić information content (AvgIpc) is 2.32. The van der Waals surface area contributed by atoms with Crippen molar-refractivity contribution < 1.29 is 18.4 Å². The molecular formula is C12H14F2N2O2. The molecule has 98 valence electrons. The van der Waals surface area contributed by atoms with Crippen LogP contribution in [0.2, 0.25) is 0 Å². The summed E-state index contributed by atoms with van der Waals surface area (Å²) in [6.45, 7) is 3.31. The van der Waals surface area contributed by atoms with Crippen LogP contribution in [0.4, 0.5) is 14.5 Å². The van der Waals surface area contributed by atoms with E-state index < -0.39 is 23.6 Å². The van der Waals surface area contributed by atoms with Gasteiger partial charge in [-0.2, -0.15) is 0 Å². The lowest BCUT2D eigenvalue weighted by Crippen LogP contribution is -2.43. The van der Waals surface area contributed by atoms with E-state index in [0.29, 0.717) is 6.29 Å². The molecule has 0 saturated carbocycles. The Kier molecular flexibility index (Phi) is 4.36. The largest absolute Gasteiger partial charge is 0.368 e. The fraction of sp³-hybridized carbons (Fsp3) is 0.333. The second-order valence-electron chi connectivity index (χ2n) is 3.82. The minimum atomic E-state index is -0.896. The summed E-state index contributed by atoms with van der Waals surface area (Å²) in [6.07, 6.45) is 0.351. The van der Waals surface area contributed by atoms with Crippen LogP contribution in [0.15, 0.2) is 12.1 Å². The molecule has 0 radical (unpaired) electrons. The van der Waals surface area contributed by atoms with E-state index in [-0.39, 0.29) is 17.8 Å². The molecule has 0 aromatic heterocycles. The number of hydrogen-bond acceptors (Lipinski definition) is 3. The van der Waals surface area contributed by atoms with Crippen LogP contribution in [-0.4, -0.2) is 24.8 Å². The molecule has 0 saturated heterocycles. The SMILES string of the molecule is CCN(c1c(F)cc(C=O)cc1F)C(C)C(N)=O. The van der Waals surface area contributed by atoms with Gasteiger partial charge in [-0.15, -0.1) is 0 Å². The van der Waals surface area contributed by atoms with Crippen molar-refractivity contribution in [3.05, 3.63) is 29.3 Å². The predicted molar refractivity (Wildman–Crippen MR) is 63.4 cm³/mol. The summed E-state index contributed by atoms with van der Waals surface area (Å²) in [7, 11) is 0. The second-order valence-corrected chi connectivity index (χ2v) is 3.82. The predicted octanol–water partition coefficient (Wildman–Crippen LogP) is 1.48. The first-order valence-electron chi connectivity index (χ1n) is 5.42. The zero-order valence-corrected chi connectivity index (χ0v) is 10.1. The van der Waals surface area contributed by atoms with Crippen molar-refractivity contribution in [1.82, 2.24) is 0 Å². The van der Waals surface area contributed by atoms with Crippen molar-refractivity contribution in [2.75, 3.05) is 11.4 Å². The molecule has 1 amide bonds. The molecule has 0 aliphatic carbocycles. The van der Waals surface area contributed by atoms with Crippen LogP contribution in [0.25, 0.3) is 0 Å². The quantitative estimate of drug-likeness (QED) is 0.811. The fourth-order valence-corrected chi connectivity index (χ4v) is 1.71. The molecule has 4 nitrogen and oxygen atoms in total. The molecule has 0 fully saturated rings. The maximum Gasteiger partial charge on any atom is 0.239 e. The first-order valence-corrected chi connectivity index (χ1v) is 5.42. The standard InChI is InChI=1S/C12H14F2N2O2/c1-3-16(7(2)12(15)18)11-9(13)4-8(6-17)5-10(11)14/h4-7H,3H2,1-2H3,(H2,15,18). The number of amides is 1. The summed E-state index contributed by atoms with van der Waals surface area (Å²) in [6, 6.07) is 0.991. The van der Waals surface area contributed by atoms with Crippen LogP contribution in [0.5, 0.6) is 0 Å². The van der Waals surface area contributed by atoms with Gasteiger partial charge in [0.05, 0.1) is 0 Å². The summed E-state index contributed by atoms with van der Waals surface area (Å²) in [5.74, 6) is -2.48. The van der Waals surface area contributed by atoms with Crippen LogP contribution in [0, 0.1) is 11.6 Å². The maximum atomic E-state index is 13.8. The number of likely N-dealkylation sites (N-methyl/N-ethyl adjacent to an activating group) is 1. The van der Waals surface area contributed by atoms with Gasteiger partial charge >= 0.3 is 0 Å². The number of carbonyl (C=O) groups is 2. The monoisotopic (exact) mass is 256 g/mol. The Morgan fingerprint density at radius 1 is 1.44 bits per heavy atom. The van der Waals surface area contributed by atoms with E-state index in [0.717, 1.165) is 12.1 Å². The highest BCUT2D eigenvalue weighted by Crippen LogP contribution is 2.26. The third-order valence-electron chi connectivity index (χ3n) is 2.68. The lowest BCUT2D eigenvalue weighted by atomic mass is 10.1. The Bertz CT molecular complexity index is 454. The highest BCUT2D eigenvalue weighted by atomic mass is 19.1. The summed E-state index contributed by atoms with van der Waals surface area (Å²) in [5.41, 5.74) is 4.67. The van der Waals surface area contributed by atoms with Crippen molar-refractivity contribution in [2.24, 2.45) is 5.73 Å². The number of anilines is 1. The summed E-state index contributed by atoms with van der Waals surface area (Å²) < 4.78 is 27.5. The van der Waals surface area contributed by atoms with Gasteiger partial charge in [0.15, 0.2) is 0 Å². The van der Waals surface area contributed by atoms with E-state index in [2.05, 4.69) is 0 Å². The van der Waals surface area contributed by atoms with Crippen molar-refractivity contribution in [3.63, 3.8) is 0 Å². The van der Waals surface area contributed by atoms with Gasteiger partial charge in [0.25, 0.3) is 0 Å². The molecule has 1 atom stereocenters. The highest BCUT2D eigenvalue weighted by Gasteiger charge is 2.24. The number of benzene rings is 1. The Morgan fingerprint density at radius 2 is 1.94 bits per heavy atom. The lowest BCUT2D eigenvalue weighted by molar-refractivity contribution is -0.118. The van der Waals surface area contributed by atoms with Crippen LogP contribution >= 0.6 is 0 Å². The topological polar surface area (TPSA) is 63.4 Å². The van der Waals surface area contributed by atoms with Gasteiger partial charge in [0.2, 0.25) is 5.91 Å². The van der Waals surface area contributed by atoms with Crippen molar-refractivity contribution in [1.29, 1.82) is 0 Å². The smallest absolute Gasteiger partial charge is 0.239 e. The third kappa shape index (κ3) is 2.64. The van der Waals surface area contributed by atoms with Crippen LogP contribution in [-0.2, 0) is 4.79 Å². The molecule has 0 spiro atoms. The molecular weight excluding hydrogens is 242 g/mol. The molecule has 0 aliphatic heterocycles. The Balaban J connectivity index is 3.30. The molecule has 0 aliphatic rings. The normalized spacial score (nSPS) is 12.0. The molecule has 6 heteroatoms. The van der Waals surface area contributed by atoms with Gasteiger partial charge in [0, 0.05) is 12.1 Å². The summed E-state index contributed by atoms with van der Waals surface area (Å²) in [5, 5.41) is 0. The average molecular weight is 256 g/mol. The van der Waals surface area contributed by atoms with Gasteiger partial charge in [-0.1, -0.05) is 0 Å². The third-order valence-corrected chi connectivity index (χ3v) is 2.68.